The van der Waals surface area contributed by atoms with Gasteiger partial charge >= 0.3 is 6.16 Å². The van der Waals surface area contributed by atoms with Gasteiger partial charge < -0.3 is 9.84 Å². The lowest BCUT2D eigenvalue weighted by Crippen LogP contribution is -2.02. The van der Waals surface area contributed by atoms with Gasteiger partial charge in [0.25, 0.3) is 0 Å². The Morgan fingerprint density at radius 2 is 2.45 bits per heavy atom. The van der Waals surface area contributed by atoms with E-state index in [0.29, 0.717) is 4.60 Å². The van der Waals surface area contributed by atoms with Gasteiger partial charge in [0, 0.05) is 12.3 Å². The van der Waals surface area contributed by atoms with Crippen LogP contribution in [0.1, 0.15) is 0 Å². The second-order valence-corrected chi connectivity index (χ2v) is 2.49. The first-order chi connectivity index (χ1) is 5.18. The van der Waals surface area contributed by atoms with Crippen LogP contribution in [0.25, 0.3) is 0 Å². The Hall–Kier alpha value is -1.10. The Morgan fingerprint density at radius 1 is 1.73 bits per heavy atom. The van der Waals surface area contributed by atoms with Gasteiger partial charge in [-0.3, -0.25) is 0 Å². The molecular weight excluding hydrogens is 214 g/mol. The highest BCUT2D eigenvalue weighted by molar-refractivity contribution is 9.10. The van der Waals surface area contributed by atoms with Gasteiger partial charge in [-0.25, -0.2) is 9.78 Å². The van der Waals surface area contributed by atoms with Gasteiger partial charge in [0.2, 0.25) is 0 Å². The first kappa shape index (κ1) is 8.00. The zero-order chi connectivity index (χ0) is 8.27. The summed E-state index contributed by atoms with van der Waals surface area (Å²) >= 11 is 3.07. The minimum atomic E-state index is -1.33. The molecule has 11 heavy (non-hydrogen) atoms. The number of aromatic nitrogens is 1. The normalized spacial score (nSPS) is 9.18. The van der Waals surface area contributed by atoms with E-state index in [1.54, 1.807) is 0 Å². The van der Waals surface area contributed by atoms with Gasteiger partial charge in [-0.2, -0.15) is 0 Å². The Bertz CT molecular complexity index is 276. The van der Waals surface area contributed by atoms with Gasteiger partial charge in [-0.1, -0.05) is 0 Å². The van der Waals surface area contributed by atoms with Gasteiger partial charge in [0.05, 0.1) is 0 Å². The lowest BCUT2D eigenvalue weighted by molar-refractivity contribution is 0.144. The van der Waals surface area contributed by atoms with Crippen molar-refractivity contribution in [3.8, 4) is 5.75 Å². The molecule has 0 spiro atoms. The summed E-state index contributed by atoms with van der Waals surface area (Å²) in [5.74, 6) is 0.249. The molecule has 1 heterocycles. The van der Waals surface area contributed by atoms with Crippen LogP contribution >= 0.6 is 15.9 Å². The Kier molecular flexibility index (Phi) is 2.43. The van der Waals surface area contributed by atoms with Crippen molar-refractivity contribution in [1.29, 1.82) is 0 Å². The molecule has 1 aromatic rings. The molecule has 1 aromatic heterocycles. The van der Waals surface area contributed by atoms with Crippen molar-refractivity contribution in [2.24, 2.45) is 0 Å². The molecular formula is C6H4BrNO3. The van der Waals surface area contributed by atoms with Crippen LogP contribution in [0, 0.1) is 0 Å². The van der Waals surface area contributed by atoms with E-state index in [2.05, 4.69) is 25.7 Å². The van der Waals surface area contributed by atoms with Crippen molar-refractivity contribution in [2.75, 3.05) is 0 Å². The molecule has 0 saturated carbocycles. The lowest BCUT2D eigenvalue weighted by atomic mass is 10.5. The zero-order valence-electron chi connectivity index (χ0n) is 5.32. The highest BCUT2D eigenvalue weighted by Crippen LogP contribution is 2.14. The summed E-state index contributed by atoms with van der Waals surface area (Å²) in [4.78, 5) is 13.8. The van der Waals surface area contributed by atoms with Gasteiger partial charge in [-0.05, 0) is 22.0 Å². The van der Waals surface area contributed by atoms with E-state index in [1.165, 1.54) is 18.3 Å². The van der Waals surface area contributed by atoms with E-state index in [1.807, 2.05) is 0 Å². The first-order valence-corrected chi connectivity index (χ1v) is 3.50. The molecule has 0 aliphatic rings. The maximum Gasteiger partial charge on any atom is 0.511 e. The van der Waals surface area contributed by atoms with Gasteiger partial charge in [0.1, 0.15) is 10.4 Å². The molecule has 0 aliphatic carbocycles. The van der Waals surface area contributed by atoms with Crippen molar-refractivity contribution in [3.63, 3.8) is 0 Å². The van der Waals surface area contributed by atoms with Gasteiger partial charge in [0.15, 0.2) is 0 Å². The SMILES string of the molecule is O=C(O)Oc1ccnc(Br)c1. The smallest absolute Gasteiger partial charge is 0.449 e. The van der Waals surface area contributed by atoms with Crippen LogP contribution in [0.3, 0.4) is 0 Å². The molecule has 0 amide bonds. The van der Waals surface area contributed by atoms with Crippen molar-refractivity contribution >= 4 is 22.1 Å². The quantitative estimate of drug-likeness (QED) is 0.577. The zero-order valence-corrected chi connectivity index (χ0v) is 6.91. The third kappa shape index (κ3) is 2.55. The number of carboxylic acid groups (broad SMARTS) is 1. The van der Waals surface area contributed by atoms with Crippen molar-refractivity contribution in [3.05, 3.63) is 22.9 Å². The van der Waals surface area contributed by atoms with E-state index in [9.17, 15) is 4.79 Å². The van der Waals surface area contributed by atoms with Gasteiger partial charge in [-0.15, -0.1) is 0 Å². The summed E-state index contributed by atoms with van der Waals surface area (Å²) in [5.41, 5.74) is 0. The highest BCUT2D eigenvalue weighted by atomic mass is 79.9. The minimum absolute atomic E-state index is 0.249. The maximum absolute atomic E-state index is 10.0. The molecule has 0 saturated heterocycles. The van der Waals surface area contributed by atoms with Crippen molar-refractivity contribution in [1.82, 2.24) is 4.98 Å². The minimum Gasteiger partial charge on any atom is -0.449 e. The summed E-state index contributed by atoms with van der Waals surface area (Å²) in [7, 11) is 0. The van der Waals surface area contributed by atoms with Crippen LogP contribution in [0.2, 0.25) is 0 Å². The van der Waals surface area contributed by atoms with Crippen LogP contribution in [0.5, 0.6) is 5.75 Å². The Labute approximate surface area is 71.0 Å². The molecule has 58 valence electrons. The van der Waals surface area contributed by atoms with Crippen molar-refractivity contribution < 1.29 is 14.6 Å². The molecule has 0 aliphatic heterocycles. The van der Waals surface area contributed by atoms with Crippen LogP contribution in [-0.4, -0.2) is 16.2 Å². The molecule has 0 fully saturated rings. The molecule has 0 radical (unpaired) electrons. The number of carbonyl (C=O) groups is 1. The third-order valence-electron chi connectivity index (χ3n) is 0.903. The van der Waals surface area contributed by atoms with Crippen LogP contribution in [0.15, 0.2) is 22.9 Å². The van der Waals surface area contributed by atoms with E-state index < -0.39 is 6.16 Å². The molecule has 1 N–H and O–H groups in total. The van der Waals surface area contributed by atoms with Crippen LogP contribution in [-0.2, 0) is 0 Å². The molecule has 0 unspecified atom stereocenters. The molecule has 0 atom stereocenters. The second kappa shape index (κ2) is 3.34. The number of hydrogen-bond acceptors (Lipinski definition) is 3. The molecule has 0 bridgehead atoms. The number of pyridine rings is 1. The number of nitrogens with zero attached hydrogens (tertiary/aromatic N) is 1. The second-order valence-electron chi connectivity index (χ2n) is 1.68. The number of ether oxygens (including phenoxy) is 1. The summed E-state index contributed by atoms with van der Waals surface area (Å²) in [5, 5.41) is 8.20. The van der Waals surface area contributed by atoms with E-state index >= 15 is 0 Å². The molecule has 4 nitrogen and oxygen atoms in total. The predicted octanol–water partition coefficient (Wildman–Crippen LogP) is 1.90. The fourth-order valence-corrected chi connectivity index (χ4v) is 0.893. The van der Waals surface area contributed by atoms with Crippen LogP contribution < -0.4 is 4.74 Å². The monoisotopic (exact) mass is 217 g/mol. The Balaban J connectivity index is 2.79. The molecule has 5 heteroatoms. The maximum atomic E-state index is 10.0. The summed E-state index contributed by atoms with van der Waals surface area (Å²) in [6, 6.07) is 2.92. The van der Waals surface area contributed by atoms with E-state index in [4.69, 9.17) is 5.11 Å². The largest absolute Gasteiger partial charge is 0.511 e. The van der Waals surface area contributed by atoms with E-state index in [-0.39, 0.29) is 5.75 Å². The molecule has 1 rings (SSSR count). The standard InChI is InChI=1S/C6H4BrNO3/c7-5-3-4(1-2-8-5)11-6(9)10/h1-3H,(H,9,10). The summed E-state index contributed by atoms with van der Waals surface area (Å²) < 4.78 is 4.88. The Morgan fingerprint density at radius 3 is 3.00 bits per heavy atom. The van der Waals surface area contributed by atoms with Crippen LogP contribution in [0.4, 0.5) is 4.79 Å². The number of rotatable bonds is 1. The fourth-order valence-electron chi connectivity index (χ4n) is 0.549. The lowest BCUT2D eigenvalue weighted by Gasteiger charge is -1.97. The average molecular weight is 218 g/mol. The molecule has 0 aromatic carbocycles. The number of halogens is 1. The van der Waals surface area contributed by atoms with Crippen molar-refractivity contribution in [2.45, 2.75) is 0 Å². The summed E-state index contributed by atoms with van der Waals surface area (Å²) in [6.07, 6.45) is 0.116. The first-order valence-electron chi connectivity index (χ1n) is 2.71. The van der Waals surface area contributed by atoms with E-state index in [0.717, 1.165) is 0 Å². The fraction of sp³-hybridized carbons (Fsp3) is 0. The topological polar surface area (TPSA) is 59.4 Å². The predicted molar refractivity (Wildman–Crippen MR) is 40.6 cm³/mol. The average Bonchev–Trinajstić information content (AvgIpc) is 1.85. The summed E-state index contributed by atoms with van der Waals surface area (Å²) in [6.45, 7) is 0. The third-order valence-corrected chi connectivity index (χ3v) is 1.34. The highest BCUT2D eigenvalue weighted by Gasteiger charge is 1.99. The number of hydrogen-bond donors (Lipinski definition) is 1.